The molecular weight excluding hydrogens is 265 g/mol. The Balaban J connectivity index is 2.85. The van der Waals surface area contributed by atoms with Crippen LogP contribution in [0.4, 0.5) is 5.82 Å². The number of nitrogens with one attached hydrogen (secondary N) is 1. The molecule has 0 unspecified atom stereocenters. The predicted octanol–water partition coefficient (Wildman–Crippen LogP) is 3.01. The molecule has 0 saturated heterocycles. The molecule has 0 aliphatic rings. The van der Waals surface area contributed by atoms with Gasteiger partial charge in [0, 0.05) is 16.6 Å². The van der Waals surface area contributed by atoms with Gasteiger partial charge in [0.1, 0.15) is 17.3 Å². The van der Waals surface area contributed by atoms with Gasteiger partial charge in [0.25, 0.3) is 0 Å². The molecule has 0 aliphatic carbocycles. The van der Waals surface area contributed by atoms with Gasteiger partial charge >= 0.3 is 0 Å². The number of rotatable bonds is 4. The Hall–Kier alpha value is -0.610. The molecule has 0 aliphatic heterocycles. The molecular formula is C9H11BrClN3. The standard InChI is InChI=1S/C9H11BrClN3/c1-3-7-8(11)13-5-14-9(7)12-4-6(2)10/h5H,2-4H2,1H3,(H,12,13,14). The summed E-state index contributed by atoms with van der Waals surface area (Å²) < 4.78 is 0.870. The van der Waals surface area contributed by atoms with Gasteiger partial charge in [-0.3, -0.25) is 0 Å². The Bertz CT molecular complexity index is 341. The molecule has 1 aromatic heterocycles. The molecule has 5 heteroatoms. The lowest BCUT2D eigenvalue weighted by Gasteiger charge is -2.09. The summed E-state index contributed by atoms with van der Waals surface area (Å²) in [5.74, 6) is 0.771. The van der Waals surface area contributed by atoms with Gasteiger partial charge in [0.15, 0.2) is 0 Å². The minimum absolute atomic E-state index is 0.505. The lowest BCUT2D eigenvalue weighted by atomic mass is 10.2. The Kier molecular flexibility index (Phi) is 4.35. The second-order valence-electron chi connectivity index (χ2n) is 2.72. The fourth-order valence-electron chi connectivity index (χ4n) is 1.04. The van der Waals surface area contributed by atoms with E-state index in [-0.39, 0.29) is 0 Å². The Morgan fingerprint density at radius 1 is 1.64 bits per heavy atom. The van der Waals surface area contributed by atoms with Crippen molar-refractivity contribution >= 4 is 33.3 Å². The largest absolute Gasteiger partial charge is 0.365 e. The van der Waals surface area contributed by atoms with Gasteiger partial charge in [-0.15, -0.1) is 0 Å². The van der Waals surface area contributed by atoms with Crippen molar-refractivity contribution in [3.8, 4) is 0 Å². The fourth-order valence-corrected chi connectivity index (χ4v) is 1.44. The van der Waals surface area contributed by atoms with Crippen molar-refractivity contribution in [1.29, 1.82) is 0 Å². The zero-order valence-electron chi connectivity index (χ0n) is 7.85. The molecule has 3 nitrogen and oxygen atoms in total. The Labute approximate surface area is 96.7 Å². The average molecular weight is 277 g/mol. The van der Waals surface area contributed by atoms with E-state index in [0.29, 0.717) is 11.7 Å². The number of hydrogen-bond donors (Lipinski definition) is 1. The molecule has 1 N–H and O–H groups in total. The Morgan fingerprint density at radius 2 is 2.36 bits per heavy atom. The monoisotopic (exact) mass is 275 g/mol. The van der Waals surface area contributed by atoms with E-state index in [0.717, 1.165) is 22.3 Å². The molecule has 1 aromatic rings. The molecule has 1 heterocycles. The van der Waals surface area contributed by atoms with E-state index in [4.69, 9.17) is 11.6 Å². The van der Waals surface area contributed by atoms with Crippen molar-refractivity contribution in [2.24, 2.45) is 0 Å². The molecule has 0 atom stereocenters. The molecule has 0 saturated carbocycles. The topological polar surface area (TPSA) is 37.8 Å². The van der Waals surface area contributed by atoms with E-state index >= 15 is 0 Å². The van der Waals surface area contributed by atoms with Gasteiger partial charge < -0.3 is 5.32 Å². The summed E-state index contributed by atoms with van der Waals surface area (Å²) in [5, 5.41) is 3.63. The van der Waals surface area contributed by atoms with Crippen molar-refractivity contribution in [1.82, 2.24) is 9.97 Å². The highest BCUT2D eigenvalue weighted by molar-refractivity contribution is 9.11. The minimum atomic E-state index is 0.505. The zero-order valence-corrected chi connectivity index (χ0v) is 10.2. The number of aromatic nitrogens is 2. The first kappa shape index (κ1) is 11.5. The van der Waals surface area contributed by atoms with Crippen LogP contribution in [0, 0.1) is 0 Å². The normalized spacial score (nSPS) is 9.93. The highest BCUT2D eigenvalue weighted by Gasteiger charge is 2.06. The number of hydrogen-bond acceptors (Lipinski definition) is 3. The maximum absolute atomic E-state index is 5.92. The van der Waals surface area contributed by atoms with Crippen molar-refractivity contribution in [3.05, 3.63) is 28.1 Å². The quantitative estimate of drug-likeness (QED) is 0.859. The van der Waals surface area contributed by atoms with E-state index in [1.54, 1.807) is 0 Å². The summed E-state index contributed by atoms with van der Waals surface area (Å²) in [7, 11) is 0. The van der Waals surface area contributed by atoms with E-state index in [9.17, 15) is 0 Å². The van der Waals surface area contributed by atoms with Crippen LogP contribution in [0.3, 0.4) is 0 Å². The smallest absolute Gasteiger partial charge is 0.137 e. The lowest BCUT2D eigenvalue weighted by Crippen LogP contribution is -2.06. The van der Waals surface area contributed by atoms with Crippen molar-refractivity contribution < 1.29 is 0 Å². The maximum atomic E-state index is 5.92. The van der Waals surface area contributed by atoms with Gasteiger partial charge in [-0.25, -0.2) is 9.97 Å². The summed E-state index contributed by atoms with van der Waals surface area (Å²) in [6.07, 6.45) is 2.25. The molecule has 0 amide bonds. The van der Waals surface area contributed by atoms with Gasteiger partial charge in [-0.2, -0.15) is 0 Å². The molecule has 76 valence electrons. The van der Waals surface area contributed by atoms with Crippen LogP contribution in [0.5, 0.6) is 0 Å². The molecule has 0 bridgehead atoms. The molecule has 0 aromatic carbocycles. The van der Waals surface area contributed by atoms with Crippen molar-refractivity contribution in [2.75, 3.05) is 11.9 Å². The molecule has 0 radical (unpaired) electrons. The van der Waals surface area contributed by atoms with E-state index in [1.807, 2.05) is 6.92 Å². The lowest BCUT2D eigenvalue weighted by molar-refractivity contribution is 1.03. The van der Waals surface area contributed by atoms with E-state index in [1.165, 1.54) is 6.33 Å². The highest BCUT2D eigenvalue weighted by Crippen LogP contribution is 2.20. The van der Waals surface area contributed by atoms with Gasteiger partial charge in [-0.05, 0) is 6.42 Å². The average Bonchev–Trinajstić information content (AvgIpc) is 2.14. The number of halogens is 2. The van der Waals surface area contributed by atoms with Crippen LogP contribution in [-0.2, 0) is 6.42 Å². The molecule has 1 rings (SSSR count). The van der Waals surface area contributed by atoms with E-state index in [2.05, 4.69) is 37.8 Å². The minimum Gasteiger partial charge on any atom is -0.365 e. The summed E-state index contributed by atoms with van der Waals surface area (Å²) in [6.45, 7) is 6.36. The summed E-state index contributed by atoms with van der Waals surface area (Å²) >= 11 is 9.18. The molecule has 14 heavy (non-hydrogen) atoms. The van der Waals surface area contributed by atoms with Crippen LogP contribution >= 0.6 is 27.5 Å². The van der Waals surface area contributed by atoms with Crippen molar-refractivity contribution in [3.63, 3.8) is 0 Å². The Morgan fingerprint density at radius 3 is 2.93 bits per heavy atom. The van der Waals surface area contributed by atoms with Crippen LogP contribution < -0.4 is 5.32 Å². The third kappa shape index (κ3) is 2.96. The second-order valence-corrected chi connectivity index (χ2v) is 4.20. The third-order valence-corrected chi connectivity index (χ3v) is 2.30. The number of anilines is 1. The predicted molar refractivity (Wildman–Crippen MR) is 63.0 cm³/mol. The summed E-state index contributed by atoms with van der Waals surface area (Å²) in [6, 6.07) is 0. The maximum Gasteiger partial charge on any atom is 0.137 e. The fraction of sp³-hybridized carbons (Fsp3) is 0.333. The number of nitrogens with zero attached hydrogens (tertiary/aromatic N) is 2. The van der Waals surface area contributed by atoms with Crippen LogP contribution in [0.15, 0.2) is 17.4 Å². The van der Waals surface area contributed by atoms with Gasteiger partial charge in [0.2, 0.25) is 0 Å². The van der Waals surface area contributed by atoms with Crippen LogP contribution in [0.1, 0.15) is 12.5 Å². The molecule has 0 fully saturated rings. The molecule has 0 spiro atoms. The first-order valence-corrected chi connectivity index (χ1v) is 5.38. The third-order valence-electron chi connectivity index (χ3n) is 1.69. The van der Waals surface area contributed by atoms with Gasteiger partial charge in [-0.1, -0.05) is 41.0 Å². The van der Waals surface area contributed by atoms with Crippen molar-refractivity contribution in [2.45, 2.75) is 13.3 Å². The summed E-state index contributed by atoms with van der Waals surface area (Å²) in [4.78, 5) is 8.03. The SMILES string of the molecule is C=C(Br)CNc1ncnc(Cl)c1CC. The zero-order chi connectivity index (χ0) is 10.6. The van der Waals surface area contributed by atoms with Crippen LogP contribution in [0.2, 0.25) is 5.15 Å². The van der Waals surface area contributed by atoms with Crippen LogP contribution in [0.25, 0.3) is 0 Å². The highest BCUT2D eigenvalue weighted by atomic mass is 79.9. The summed E-state index contributed by atoms with van der Waals surface area (Å²) in [5.41, 5.74) is 0.933. The second kappa shape index (κ2) is 5.32. The first-order chi connectivity index (χ1) is 6.65. The van der Waals surface area contributed by atoms with Gasteiger partial charge in [0.05, 0.1) is 0 Å². The first-order valence-electron chi connectivity index (χ1n) is 4.21. The van der Waals surface area contributed by atoms with E-state index < -0.39 is 0 Å². The van der Waals surface area contributed by atoms with Crippen LogP contribution in [-0.4, -0.2) is 16.5 Å².